The van der Waals surface area contributed by atoms with Crippen molar-refractivity contribution in [3.63, 3.8) is 0 Å². The number of carbonyl (C=O) groups excluding carboxylic acids is 1. The minimum absolute atomic E-state index is 0.373. The summed E-state index contributed by atoms with van der Waals surface area (Å²) in [6.07, 6.45) is 0.467. The van der Waals surface area contributed by atoms with Crippen molar-refractivity contribution in [3.8, 4) is 5.75 Å². The van der Waals surface area contributed by atoms with Gasteiger partial charge in [0, 0.05) is 22.9 Å². The molecule has 1 amide bonds. The SMILES string of the molecule is Cc1c(Cc2ccccc2)c(=O)oc2c(C)c(OCC(=O)N[C@H](C(=O)O)c3ccccc3)ccc12. The minimum atomic E-state index is -1.19. The van der Waals surface area contributed by atoms with Gasteiger partial charge < -0.3 is 19.6 Å². The Hall–Kier alpha value is -4.39. The van der Waals surface area contributed by atoms with Gasteiger partial charge in [-0.25, -0.2) is 9.59 Å². The molecule has 1 aromatic heterocycles. The van der Waals surface area contributed by atoms with Crippen LogP contribution in [0.25, 0.3) is 11.0 Å². The molecule has 0 radical (unpaired) electrons. The number of amides is 1. The molecule has 1 atom stereocenters. The predicted octanol–water partition coefficient (Wildman–Crippen LogP) is 4.32. The Kier molecular flexibility index (Phi) is 6.96. The number of aliphatic carboxylic acids is 1. The van der Waals surface area contributed by atoms with E-state index in [0.717, 1.165) is 16.5 Å². The summed E-state index contributed by atoms with van der Waals surface area (Å²) in [7, 11) is 0. The fourth-order valence-electron chi connectivity index (χ4n) is 4.01. The largest absolute Gasteiger partial charge is 0.483 e. The van der Waals surface area contributed by atoms with Crippen LogP contribution in [0.4, 0.5) is 0 Å². The van der Waals surface area contributed by atoms with Gasteiger partial charge >= 0.3 is 11.6 Å². The number of carboxylic acid groups (broad SMARTS) is 1. The molecule has 3 aromatic carbocycles. The summed E-state index contributed by atoms with van der Waals surface area (Å²) in [5.74, 6) is -1.39. The third-order valence-electron chi connectivity index (χ3n) is 5.92. The van der Waals surface area contributed by atoms with Crippen LogP contribution in [0.1, 0.15) is 33.9 Å². The van der Waals surface area contributed by atoms with Gasteiger partial charge in [-0.2, -0.15) is 0 Å². The predicted molar refractivity (Wildman–Crippen MR) is 132 cm³/mol. The Morgan fingerprint density at radius 3 is 2.26 bits per heavy atom. The Balaban J connectivity index is 1.53. The number of hydrogen-bond donors (Lipinski definition) is 2. The average Bonchev–Trinajstić information content (AvgIpc) is 2.86. The number of fused-ring (bicyclic) bond motifs is 1. The maximum Gasteiger partial charge on any atom is 0.340 e. The Labute approximate surface area is 202 Å². The molecular weight excluding hydrogens is 446 g/mol. The molecule has 178 valence electrons. The van der Waals surface area contributed by atoms with Crippen molar-refractivity contribution in [1.29, 1.82) is 0 Å². The van der Waals surface area contributed by atoms with Gasteiger partial charge in [0.15, 0.2) is 12.6 Å². The van der Waals surface area contributed by atoms with E-state index in [-0.39, 0.29) is 0 Å². The van der Waals surface area contributed by atoms with Gasteiger partial charge in [0.05, 0.1) is 0 Å². The summed E-state index contributed by atoms with van der Waals surface area (Å²) in [5.41, 5.74) is 3.47. The molecule has 0 aliphatic heterocycles. The Morgan fingerprint density at radius 1 is 0.943 bits per heavy atom. The highest BCUT2D eigenvalue weighted by molar-refractivity contribution is 5.87. The van der Waals surface area contributed by atoms with E-state index in [2.05, 4.69) is 5.32 Å². The summed E-state index contributed by atoms with van der Waals surface area (Å²) >= 11 is 0. The van der Waals surface area contributed by atoms with E-state index in [9.17, 15) is 19.5 Å². The number of carboxylic acids is 1. The highest BCUT2D eigenvalue weighted by Gasteiger charge is 2.22. The second-order valence-electron chi connectivity index (χ2n) is 8.26. The summed E-state index contributed by atoms with van der Waals surface area (Å²) < 4.78 is 11.3. The maximum atomic E-state index is 12.8. The first-order valence-electron chi connectivity index (χ1n) is 11.1. The number of carbonyl (C=O) groups is 2. The van der Waals surface area contributed by atoms with E-state index in [4.69, 9.17) is 9.15 Å². The second-order valence-corrected chi connectivity index (χ2v) is 8.26. The lowest BCUT2D eigenvalue weighted by Crippen LogP contribution is -2.36. The first kappa shape index (κ1) is 23.8. The standard InChI is InChI=1S/C28H25NO6/c1-17-21-13-14-23(34-16-24(30)29-25(27(31)32)20-11-7-4-8-12-20)18(2)26(21)35-28(33)22(17)15-19-9-5-3-6-10-19/h3-14,25H,15-16H2,1-2H3,(H,29,30)(H,31,32)/t25-/m0/s1. The van der Waals surface area contributed by atoms with Crippen molar-refractivity contribution < 1.29 is 23.8 Å². The van der Waals surface area contributed by atoms with Crippen molar-refractivity contribution in [1.82, 2.24) is 5.32 Å². The van der Waals surface area contributed by atoms with E-state index in [1.54, 1.807) is 49.4 Å². The molecule has 0 saturated heterocycles. The summed E-state index contributed by atoms with van der Waals surface area (Å²) in [6, 6.07) is 20.5. The van der Waals surface area contributed by atoms with Crippen LogP contribution in [-0.4, -0.2) is 23.6 Å². The van der Waals surface area contributed by atoms with Crippen molar-refractivity contribution in [2.24, 2.45) is 0 Å². The molecular formula is C28H25NO6. The molecule has 0 aliphatic carbocycles. The molecule has 7 heteroatoms. The van der Waals surface area contributed by atoms with Gasteiger partial charge in [-0.05, 0) is 42.7 Å². The molecule has 0 spiro atoms. The van der Waals surface area contributed by atoms with Crippen molar-refractivity contribution in [3.05, 3.63) is 111 Å². The molecule has 0 bridgehead atoms. The molecule has 1 heterocycles. The quantitative estimate of drug-likeness (QED) is 0.371. The lowest BCUT2D eigenvalue weighted by Gasteiger charge is -2.16. The van der Waals surface area contributed by atoms with Gasteiger partial charge in [-0.3, -0.25) is 4.79 Å². The second kappa shape index (κ2) is 10.3. The monoisotopic (exact) mass is 471 g/mol. The molecule has 35 heavy (non-hydrogen) atoms. The van der Waals surface area contributed by atoms with E-state index < -0.39 is 30.2 Å². The average molecular weight is 472 g/mol. The van der Waals surface area contributed by atoms with Gasteiger partial charge in [-0.15, -0.1) is 0 Å². The third kappa shape index (κ3) is 5.24. The van der Waals surface area contributed by atoms with Crippen LogP contribution < -0.4 is 15.7 Å². The zero-order valence-electron chi connectivity index (χ0n) is 19.4. The molecule has 7 nitrogen and oxygen atoms in total. The Morgan fingerprint density at radius 2 is 1.60 bits per heavy atom. The first-order valence-corrected chi connectivity index (χ1v) is 11.1. The number of rotatable bonds is 8. The first-order chi connectivity index (χ1) is 16.8. The van der Waals surface area contributed by atoms with E-state index >= 15 is 0 Å². The van der Waals surface area contributed by atoms with E-state index in [0.29, 0.717) is 34.4 Å². The summed E-state index contributed by atoms with van der Waals surface area (Å²) in [4.78, 5) is 36.8. The van der Waals surface area contributed by atoms with Crippen LogP contribution in [0.5, 0.6) is 5.75 Å². The van der Waals surface area contributed by atoms with Crippen LogP contribution in [0, 0.1) is 13.8 Å². The molecule has 0 fully saturated rings. The van der Waals surface area contributed by atoms with Crippen LogP contribution >= 0.6 is 0 Å². The number of nitrogens with one attached hydrogen (secondary N) is 1. The molecule has 4 rings (SSSR count). The van der Waals surface area contributed by atoms with Crippen molar-refractivity contribution in [2.75, 3.05) is 6.61 Å². The van der Waals surface area contributed by atoms with Crippen molar-refractivity contribution >= 4 is 22.8 Å². The normalized spacial score (nSPS) is 11.7. The Bertz CT molecular complexity index is 1430. The molecule has 0 saturated carbocycles. The lowest BCUT2D eigenvalue weighted by molar-refractivity contribution is -0.142. The number of aryl methyl sites for hydroxylation is 2. The zero-order chi connectivity index (χ0) is 24.9. The van der Waals surface area contributed by atoms with Gasteiger partial charge in [0.25, 0.3) is 5.91 Å². The fourth-order valence-corrected chi connectivity index (χ4v) is 4.01. The topological polar surface area (TPSA) is 106 Å². The molecule has 0 aliphatic rings. The highest BCUT2D eigenvalue weighted by atomic mass is 16.5. The zero-order valence-corrected chi connectivity index (χ0v) is 19.4. The van der Waals surface area contributed by atoms with Crippen LogP contribution in [-0.2, 0) is 16.0 Å². The van der Waals surface area contributed by atoms with Gasteiger partial charge in [0.1, 0.15) is 11.3 Å². The fraction of sp³-hybridized carbons (Fsp3) is 0.179. The lowest BCUT2D eigenvalue weighted by atomic mass is 9.98. The molecule has 2 N–H and O–H groups in total. The summed E-state index contributed by atoms with van der Waals surface area (Å²) in [6.45, 7) is 3.25. The number of ether oxygens (including phenoxy) is 1. The van der Waals surface area contributed by atoms with Crippen LogP contribution in [0.3, 0.4) is 0 Å². The van der Waals surface area contributed by atoms with Crippen LogP contribution in [0.15, 0.2) is 82.0 Å². The third-order valence-corrected chi connectivity index (χ3v) is 5.92. The van der Waals surface area contributed by atoms with Crippen LogP contribution in [0.2, 0.25) is 0 Å². The smallest absolute Gasteiger partial charge is 0.340 e. The maximum absolute atomic E-state index is 12.8. The highest BCUT2D eigenvalue weighted by Crippen LogP contribution is 2.30. The number of benzene rings is 3. The summed E-state index contributed by atoms with van der Waals surface area (Å²) in [5, 5.41) is 12.8. The van der Waals surface area contributed by atoms with Crippen molar-refractivity contribution in [2.45, 2.75) is 26.3 Å². The molecule has 0 unspecified atom stereocenters. The number of hydrogen-bond acceptors (Lipinski definition) is 5. The van der Waals surface area contributed by atoms with Gasteiger partial charge in [0.2, 0.25) is 0 Å². The van der Waals surface area contributed by atoms with E-state index in [1.165, 1.54) is 0 Å². The van der Waals surface area contributed by atoms with E-state index in [1.807, 2.05) is 37.3 Å². The molecule has 4 aromatic rings. The minimum Gasteiger partial charge on any atom is -0.483 e. The van der Waals surface area contributed by atoms with Gasteiger partial charge in [-0.1, -0.05) is 60.7 Å².